The van der Waals surface area contributed by atoms with E-state index in [1.54, 1.807) is 6.92 Å². The molecular formula is C45H64O5. The fraction of sp³-hybridized carbons (Fsp3) is 0.533. The molecule has 0 aromatic heterocycles. The van der Waals surface area contributed by atoms with Crippen molar-refractivity contribution < 1.29 is 24.5 Å². The van der Waals surface area contributed by atoms with Gasteiger partial charge >= 0.3 is 5.97 Å². The van der Waals surface area contributed by atoms with E-state index in [4.69, 9.17) is 9.47 Å². The lowest BCUT2D eigenvalue weighted by Crippen LogP contribution is -2.30. The van der Waals surface area contributed by atoms with Crippen LogP contribution in [-0.4, -0.2) is 42.6 Å². The lowest BCUT2D eigenvalue weighted by atomic mass is 9.77. The second-order valence-corrected chi connectivity index (χ2v) is 14.5. The van der Waals surface area contributed by atoms with Crippen LogP contribution in [0.15, 0.2) is 85.2 Å². The highest BCUT2D eigenvalue weighted by atomic mass is 16.5. The SMILES string of the molecule is C=C(C)C(=O)OCCC/C(=C/C(=C)c1ccc(-c2ccc(C3CCC(CCCCC)CC3)cc2)cc1CC)C(=C)OCCC(CC)(CO)CO. The number of ether oxygens (including phenoxy) is 2. The van der Waals surface area contributed by atoms with Gasteiger partial charge in [0.05, 0.1) is 26.4 Å². The van der Waals surface area contributed by atoms with E-state index >= 15 is 0 Å². The molecule has 2 aromatic rings. The first kappa shape index (κ1) is 41.0. The number of allylic oxidation sites excluding steroid dienone is 3. The first-order valence-corrected chi connectivity index (χ1v) is 19.1. The van der Waals surface area contributed by atoms with Crippen molar-refractivity contribution in [2.75, 3.05) is 26.4 Å². The van der Waals surface area contributed by atoms with Crippen LogP contribution < -0.4 is 0 Å². The number of hydrogen-bond acceptors (Lipinski definition) is 5. The second-order valence-electron chi connectivity index (χ2n) is 14.5. The third-order valence-corrected chi connectivity index (χ3v) is 10.8. The van der Waals surface area contributed by atoms with Crippen LogP contribution in [0, 0.1) is 11.3 Å². The van der Waals surface area contributed by atoms with Crippen molar-refractivity contribution in [3.8, 4) is 11.1 Å². The lowest BCUT2D eigenvalue weighted by Gasteiger charge is -2.29. The molecule has 0 unspecified atom stereocenters. The first-order valence-electron chi connectivity index (χ1n) is 19.1. The van der Waals surface area contributed by atoms with E-state index in [1.807, 2.05) is 13.0 Å². The average Bonchev–Trinajstić information content (AvgIpc) is 3.14. The Morgan fingerprint density at radius 1 is 0.880 bits per heavy atom. The maximum absolute atomic E-state index is 11.9. The number of esters is 1. The highest BCUT2D eigenvalue weighted by molar-refractivity contribution is 5.86. The van der Waals surface area contributed by atoms with Gasteiger partial charge in [-0.25, -0.2) is 4.79 Å². The maximum Gasteiger partial charge on any atom is 0.333 e. The summed E-state index contributed by atoms with van der Waals surface area (Å²) in [6.45, 7) is 20.7. The molecular weight excluding hydrogens is 620 g/mol. The van der Waals surface area contributed by atoms with Crippen LogP contribution in [0.2, 0.25) is 0 Å². The summed E-state index contributed by atoms with van der Waals surface area (Å²) < 4.78 is 11.4. The number of carbonyl (C=O) groups excluding carboxylic acids is 1. The Morgan fingerprint density at radius 2 is 1.56 bits per heavy atom. The minimum atomic E-state index is -0.588. The van der Waals surface area contributed by atoms with Gasteiger partial charge in [0.2, 0.25) is 0 Å². The van der Waals surface area contributed by atoms with Crippen LogP contribution in [0.1, 0.15) is 127 Å². The summed E-state index contributed by atoms with van der Waals surface area (Å²) in [5.74, 6) is 1.71. The largest absolute Gasteiger partial charge is 0.494 e. The first-order chi connectivity index (χ1) is 24.1. The van der Waals surface area contributed by atoms with Gasteiger partial charge in [-0.2, -0.15) is 0 Å². The molecule has 5 nitrogen and oxygen atoms in total. The van der Waals surface area contributed by atoms with Gasteiger partial charge in [-0.1, -0.05) is 109 Å². The predicted octanol–water partition coefficient (Wildman–Crippen LogP) is 10.9. The summed E-state index contributed by atoms with van der Waals surface area (Å²) in [6.07, 6.45) is 16.0. The minimum Gasteiger partial charge on any atom is -0.494 e. The Kier molecular flexibility index (Phi) is 17.3. The van der Waals surface area contributed by atoms with Gasteiger partial charge < -0.3 is 19.7 Å². The zero-order chi connectivity index (χ0) is 36.5. The average molecular weight is 685 g/mol. The summed E-state index contributed by atoms with van der Waals surface area (Å²) in [5, 5.41) is 19.7. The van der Waals surface area contributed by atoms with Gasteiger partial charge in [-0.05, 0) is 122 Å². The molecule has 1 aliphatic carbocycles. The van der Waals surface area contributed by atoms with Crippen LogP contribution in [-0.2, 0) is 20.7 Å². The predicted molar refractivity (Wildman–Crippen MR) is 209 cm³/mol. The van der Waals surface area contributed by atoms with E-state index in [0.717, 1.165) is 29.0 Å². The summed E-state index contributed by atoms with van der Waals surface area (Å²) in [7, 11) is 0. The normalized spacial score (nSPS) is 16.6. The molecule has 2 aromatic carbocycles. The Balaban J connectivity index is 1.73. The number of aliphatic hydroxyl groups excluding tert-OH is 2. The highest BCUT2D eigenvalue weighted by Crippen LogP contribution is 2.38. The van der Waals surface area contributed by atoms with Gasteiger partial charge in [0.15, 0.2) is 0 Å². The Labute approximate surface area is 303 Å². The van der Waals surface area contributed by atoms with Crippen molar-refractivity contribution in [2.45, 2.75) is 117 Å². The molecule has 0 amide bonds. The van der Waals surface area contributed by atoms with E-state index in [9.17, 15) is 15.0 Å². The van der Waals surface area contributed by atoms with Gasteiger partial charge in [-0.3, -0.25) is 0 Å². The summed E-state index contributed by atoms with van der Waals surface area (Å²) in [5.41, 5.74) is 7.71. The molecule has 1 aliphatic rings. The lowest BCUT2D eigenvalue weighted by molar-refractivity contribution is -0.139. The third kappa shape index (κ3) is 12.1. The van der Waals surface area contributed by atoms with Gasteiger partial charge in [-0.15, -0.1) is 0 Å². The molecule has 3 rings (SSSR count). The van der Waals surface area contributed by atoms with Gasteiger partial charge in [0.25, 0.3) is 0 Å². The third-order valence-electron chi connectivity index (χ3n) is 10.8. The number of aliphatic hydroxyl groups is 2. The zero-order valence-corrected chi connectivity index (χ0v) is 31.5. The number of benzene rings is 2. The molecule has 0 bridgehead atoms. The van der Waals surface area contributed by atoms with Crippen LogP contribution >= 0.6 is 0 Å². The Hall–Kier alpha value is -3.41. The van der Waals surface area contributed by atoms with Crippen molar-refractivity contribution in [1.29, 1.82) is 0 Å². The maximum atomic E-state index is 11.9. The molecule has 1 fully saturated rings. The standard InChI is InChI=1S/C45H64O5/c1-8-11-12-14-36-16-18-38(19-17-36)39-20-22-40(23-21-39)42-24-25-43(37(9-2)30-42)34(6)29-41(15-13-27-50-44(48)33(4)5)35(7)49-28-26-45(10-3,31-46)32-47/h20-25,29-30,36,38,46-47H,4,6-19,26-28,31-32H2,1-3,5H3/b41-29-. The van der Waals surface area contributed by atoms with E-state index < -0.39 is 11.4 Å². The topological polar surface area (TPSA) is 76.0 Å². The van der Waals surface area contributed by atoms with Crippen LogP contribution in [0.5, 0.6) is 0 Å². The van der Waals surface area contributed by atoms with Crippen molar-refractivity contribution in [1.82, 2.24) is 0 Å². The molecule has 0 radical (unpaired) electrons. The number of rotatable bonds is 22. The number of aryl methyl sites for hydroxylation is 1. The van der Waals surface area contributed by atoms with E-state index in [0.29, 0.717) is 49.5 Å². The summed E-state index contributed by atoms with van der Waals surface area (Å²) in [4.78, 5) is 11.9. The van der Waals surface area contributed by atoms with Crippen molar-refractivity contribution >= 4 is 11.5 Å². The monoisotopic (exact) mass is 684 g/mol. The van der Waals surface area contributed by atoms with E-state index in [2.05, 4.69) is 76.0 Å². The molecule has 0 saturated heterocycles. The molecule has 0 spiro atoms. The van der Waals surface area contributed by atoms with E-state index in [-0.39, 0.29) is 19.8 Å². The summed E-state index contributed by atoms with van der Waals surface area (Å²) >= 11 is 0. The quantitative estimate of drug-likeness (QED) is 0.0424. The molecule has 5 heteroatoms. The van der Waals surface area contributed by atoms with Gasteiger partial charge in [0, 0.05) is 11.0 Å². The molecule has 0 heterocycles. The molecule has 0 aliphatic heterocycles. The molecule has 1 saturated carbocycles. The van der Waals surface area contributed by atoms with E-state index in [1.165, 1.54) is 73.6 Å². The van der Waals surface area contributed by atoms with Crippen LogP contribution in [0.4, 0.5) is 0 Å². The fourth-order valence-corrected chi connectivity index (χ4v) is 7.02. The molecule has 0 atom stereocenters. The van der Waals surface area contributed by atoms with Gasteiger partial charge in [0.1, 0.15) is 5.76 Å². The van der Waals surface area contributed by atoms with Crippen molar-refractivity contribution in [3.05, 3.63) is 102 Å². The molecule has 274 valence electrons. The van der Waals surface area contributed by atoms with Crippen LogP contribution in [0.25, 0.3) is 16.7 Å². The summed E-state index contributed by atoms with van der Waals surface area (Å²) in [6, 6.07) is 15.9. The number of unbranched alkanes of at least 4 members (excludes halogenated alkanes) is 2. The fourth-order valence-electron chi connectivity index (χ4n) is 7.02. The smallest absolute Gasteiger partial charge is 0.333 e. The number of hydrogen-bond donors (Lipinski definition) is 2. The minimum absolute atomic E-state index is 0.108. The highest BCUT2D eigenvalue weighted by Gasteiger charge is 2.27. The molecule has 50 heavy (non-hydrogen) atoms. The molecule has 2 N–H and O–H groups in total. The van der Waals surface area contributed by atoms with Crippen LogP contribution in [0.3, 0.4) is 0 Å². The van der Waals surface area contributed by atoms with Crippen molar-refractivity contribution in [3.63, 3.8) is 0 Å². The van der Waals surface area contributed by atoms with Crippen molar-refractivity contribution in [2.24, 2.45) is 11.3 Å². The zero-order valence-electron chi connectivity index (χ0n) is 31.5. The Bertz CT molecular complexity index is 1410. The number of carbonyl (C=O) groups is 1. The Morgan fingerprint density at radius 3 is 2.16 bits per heavy atom. The second kappa shape index (κ2) is 21.1.